The van der Waals surface area contributed by atoms with Crippen LogP contribution in [0.2, 0.25) is 0 Å². The van der Waals surface area contributed by atoms with Crippen LogP contribution in [0.15, 0.2) is 30.3 Å². The van der Waals surface area contributed by atoms with Gasteiger partial charge in [0, 0.05) is 0 Å². The third kappa shape index (κ3) is 2.84. The van der Waals surface area contributed by atoms with Crippen LogP contribution in [0.25, 0.3) is 0 Å². The van der Waals surface area contributed by atoms with E-state index in [9.17, 15) is 0 Å². The van der Waals surface area contributed by atoms with Gasteiger partial charge in [0.1, 0.15) is 0 Å². The van der Waals surface area contributed by atoms with Crippen molar-refractivity contribution in [2.45, 2.75) is 0 Å². The van der Waals surface area contributed by atoms with Crippen molar-refractivity contribution in [3.63, 3.8) is 0 Å². The van der Waals surface area contributed by atoms with E-state index in [0.717, 1.165) is 5.75 Å². The van der Waals surface area contributed by atoms with E-state index in [1.54, 1.807) is 0 Å². The smallest absolute Gasteiger partial charge is 0.00556 e. The van der Waals surface area contributed by atoms with Gasteiger partial charge in [0.25, 0.3) is 0 Å². The Labute approximate surface area is 75.2 Å². The minimum Gasteiger partial charge on any atom is -0.179 e. The molecular formula is C9H13PS. The summed E-state index contributed by atoms with van der Waals surface area (Å²) in [4.78, 5) is 0. The summed E-state index contributed by atoms with van der Waals surface area (Å²) in [5.74, 6) is 0.997. The monoisotopic (exact) mass is 184 g/mol. The minimum absolute atomic E-state index is 0.0478. The Bertz CT molecular complexity index is 198. The van der Waals surface area contributed by atoms with Crippen LogP contribution in [0.3, 0.4) is 0 Å². The van der Waals surface area contributed by atoms with Crippen molar-refractivity contribution < 1.29 is 0 Å². The van der Waals surface area contributed by atoms with Gasteiger partial charge in [0.2, 0.25) is 0 Å². The quantitative estimate of drug-likeness (QED) is 0.541. The van der Waals surface area contributed by atoms with E-state index in [-0.39, 0.29) is 7.92 Å². The lowest BCUT2D eigenvalue weighted by molar-refractivity contribution is 1.54. The van der Waals surface area contributed by atoms with E-state index in [2.05, 4.69) is 49.6 Å². The summed E-state index contributed by atoms with van der Waals surface area (Å²) in [5.41, 5.74) is 0. The Kier molecular flexibility index (Phi) is 3.96. The molecular weight excluding hydrogens is 171 g/mol. The predicted octanol–water partition coefficient (Wildman–Crippen LogP) is 2.35. The summed E-state index contributed by atoms with van der Waals surface area (Å²) in [6, 6.07) is 10.7. The molecule has 1 aromatic carbocycles. The van der Waals surface area contributed by atoms with Crippen molar-refractivity contribution in [1.29, 1.82) is 0 Å². The minimum atomic E-state index is 0.0478. The molecule has 0 saturated carbocycles. The Hall–Kier alpha value is 0. The van der Waals surface area contributed by atoms with Gasteiger partial charge in [-0.25, -0.2) is 0 Å². The fraction of sp³-hybridized carbons (Fsp3) is 0.333. The second kappa shape index (κ2) is 4.79. The van der Waals surface area contributed by atoms with E-state index < -0.39 is 0 Å². The van der Waals surface area contributed by atoms with Crippen LogP contribution < -0.4 is 5.30 Å². The molecule has 0 aromatic heterocycles. The van der Waals surface area contributed by atoms with Crippen LogP contribution in [0.4, 0.5) is 0 Å². The van der Waals surface area contributed by atoms with E-state index in [4.69, 9.17) is 0 Å². The van der Waals surface area contributed by atoms with E-state index in [0.29, 0.717) is 0 Å². The van der Waals surface area contributed by atoms with Gasteiger partial charge in [-0.3, -0.25) is 0 Å². The van der Waals surface area contributed by atoms with Crippen molar-refractivity contribution in [3.05, 3.63) is 30.3 Å². The molecule has 0 N–H and O–H groups in total. The summed E-state index contributed by atoms with van der Waals surface area (Å²) >= 11 is 4.23. The first kappa shape index (κ1) is 9.09. The molecule has 0 bridgehead atoms. The molecule has 0 radical (unpaired) electrons. The fourth-order valence-electron chi connectivity index (χ4n) is 0.962. The molecule has 0 heterocycles. The first-order valence-electron chi connectivity index (χ1n) is 3.71. The van der Waals surface area contributed by atoms with E-state index in [1.165, 1.54) is 11.5 Å². The molecule has 0 nitrogen and oxygen atoms in total. The zero-order chi connectivity index (χ0) is 8.10. The lowest BCUT2D eigenvalue weighted by Gasteiger charge is -2.09. The molecule has 1 rings (SSSR count). The molecule has 60 valence electrons. The highest BCUT2D eigenvalue weighted by Gasteiger charge is 2.00. The van der Waals surface area contributed by atoms with Gasteiger partial charge >= 0.3 is 0 Å². The normalized spacial score (nSPS) is 12.9. The molecule has 1 unspecified atom stereocenters. The van der Waals surface area contributed by atoms with Crippen LogP contribution >= 0.6 is 20.6 Å². The lowest BCUT2D eigenvalue weighted by Crippen LogP contribution is -2.01. The Morgan fingerprint density at radius 2 is 1.91 bits per heavy atom. The molecule has 1 aromatic rings. The second-order valence-corrected chi connectivity index (χ2v) is 5.29. The molecule has 0 aliphatic heterocycles. The van der Waals surface area contributed by atoms with Gasteiger partial charge in [-0.15, -0.1) is 0 Å². The van der Waals surface area contributed by atoms with Gasteiger partial charge < -0.3 is 0 Å². The molecule has 0 aliphatic carbocycles. The average Bonchev–Trinajstić information content (AvgIpc) is 2.07. The maximum atomic E-state index is 4.23. The predicted molar refractivity (Wildman–Crippen MR) is 57.6 cm³/mol. The zero-order valence-electron chi connectivity index (χ0n) is 6.70. The Morgan fingerprint density at radius 3 is 2.45 bits per heavy atom. The zero-order valence-corrected chi connectivity index (χ0v) is 8.48. The third-order valence-corrected chi connectivity index (χ3v) is 4.28. The highest BCUT2D eigenvalue weighted by molar-refractivity contribution is 7.81. The van der Waals surface area contributed by atoms with Crippen molar-refractivity contribution in [3.8, 4) is 0 Å². The fourth-order valence-corrected chi connectivity index (χ4v) is 3.10. The standard InChI is InChI=1S/C9H13PS/c1-10(7-8-11)9-5-3-2-4-6-9/h2-6,11H,7-8H2,1H3. The van der Waals surface area contributed by atoms with Crippen LogP contribution in [0.5, 0.6) is 0 Å². The maximum Gasteiger partial charge on any atom is -0.00556 e. The molecule has 11 heavy (non-hydrogen) atoms. The Morgan fingerprint density at radius 1 is 1.27 bits per heavy atom. The van der Waals surface area contributed by atoms with Crippen LogP contribution in [-0.4, -0.2) is 18.6 Å². The van der Waals surface area contributed by atoms with Crippen molar-refractivity contribution in [1.82, 2.24) is 0 Å². The molecule has 2 heteroatoms. The van der Waals surface area contributed by atoms with Crippen LogP contribution in [-0.2, 0) is 0 Å². The summed E-state index contributed by atoms with van der Waals surface area (Å²) in [6.45, 7) is 2.31. The summed E-state index contributed by atoms with van der Waals surface area (Å²) in [5, 5.41) is 1.48. The van der Waals surface area contributed by atoms with Gasteiger partial charge in [-0.05, 0) is 23.9 Å². The number of hydrogen-bond acceptors (Lipinski definition) is 1. The molecule has 0 spiro atoms. The van der Waals surface area contributed by atoms with E-state index in [1.807, 2.05) is 0 Å². The van der Waals surface area contributed by atoms with E-state index >= 15 is 0 Å². The van der Waals surface area contributed by atoms with Crippen molar-refractivity contribution in [2.75, 3.05) is 18.6 Å². The SMILES string of the molecule is CP(CCS)c1ccccc1. The number of benzene rings is 1. The maximum absolute atomic E-state index is 4.23. The molecule has 0 fully saturated rings. The first-order valence-corrected chi connectivity index (χ1v) is 6.32. The summed E-state index contributed by atoms with van der Waals surface area (Å²) in [7, 11) is 0.0478. The van der Waals surface area contributed by atoms with Gasteiger partial charge in [-0.1, -0.05) is 38.3 Å². The summed E-state index contributed by atoms with van der Waals surface area (Å²) in [6.07, 6.45) is 1.22. The number of hydrogen-bond donors (Lipinski definition) is 1. The second-order valence-electron chi connectivity index (χ2n) is 2.48. The molecule has 0 saturated heterocycles. The highest BCUT2D eigenvalue weighted by atomic mass is 32.1. The topological polar surface area (TPSA) is 0 Å². The van der Waals surface area contributed by atoms with Crippen LogP contribution in [0, 0.1) is 0 Å². The average molecular weight is 184 g/mol. The lowest BCUT2D eigenvalue weighted by atomic mass is 10.4. The molecule has 1 atom stereocenters. The number of rotatable bonds is 3. The van der Waals surface area contributed by atoms with Crippen molar-refractivity contribution in [2.24, 2.45) is 0 Å². The third-order valence-electron chi connectivity index (χ3n) is 1.63. The molecule has 0 aliphatic rings. The largest absolute Gasteiger partial charge is 0.179 e. The van der Waals surface area contributed by atoms with Gasteiger partial charge in [-0.2, -0.15) is 12.6 Å². The first-order chi connectivity index (χ1) is 5.34. The highest BCUT2D eigenvalue weighted by Crippen LogP contribution is 2.28. The van der Waals surface area contributed by atoms with Gasteiger partial charge in [0.05, 0.1) is 0 Å². The Balaban J connectivity index is 2.61. The summed E-state index contributed by atoms with van der Waals surface area (Å²) < 4.78 is 0. The van der Waals surface area contributed by atoms with Crippen LogP contribution in [0.1, 0.15) is 0 Å². The van der Waals surface area contributed by atoms with Gasteiger partial charge in [0.15, 0.2) is 0 Å². The number of thiol groups is 1. The molecule has 0 amide bonds. The van der Waals surface area contributed by atoms with Crippen molar-refractivity contribution >= 4 is 25.9 Å².